The van der Waals surface area contributed by atoms with Crippen LogP contribution in [0.15, 0.2) is 0 Å². The number of ether oxygens (including phenoxy) is 2. The number of rotatable bonds is 11. The molecular formula is C13H29N3O3. The van der Waals surface area contributed by atoms with E-state index in [1.54, 1.807) is 0 Å². The van der Waals surface area contributed by atoms with Crippen LogP contribution < -0.4 is 5.32 Å². The van der Waals surface area contributed by atoms with E-state index in [1.165, 1.54) is 0 Å². The molecule has 1 aliphatic heterocycles. The SMILES string of the molecule is CNCCOCCOCCN1CCN(CCO)CC1. The van der Waals surface area contributed by atoms with Gasteiger partial charge in [-0.15, -0.1) is 0 Å². The van der Waals surface area contributed by atoms with Gasteiger partial charge >= 0.3 is 0 Å². The van der Waals surface area contributed by atoms with Crippen LogP contribution in [-0.2, 0) is 9.47 Å². The summed E-state index contributed by atoms with van der Waals surface area (Å²) >= 11 is 0. The molecule has 6 heteroatoms. The lowest BCUT2D eigenvalue weighted by Crippen LogP contribution is -2.47. The Balaban J connectivity index is 1.85. The highest BCUT2D eigenvalue weighted by molar-refractivity contribution is 4.71. The first-order chi connectivity index (χ1) is 9.36. The van der Waals surface area contributed by atoms with Gasteiger partial charge in [0.2, 0.25) is 0 Å². The van der Waals surface area contributed by atoms with Crippen molar-refractivity contribution in [3.8, 4) is 0 Å². The van der Waals surface area contributed by atoms with Crippen LogP contribution in [0.2, 0.25) is 0 Å². The van der Waals surface area contributed by atoms with E-state index in [1.807, 2.05) is 7.05 Å². The first-order valence-electron chi connectivity index (χ1n) is 7.22. The number of nitrogens with one attached hydrogen (secondary N) is 1. The number of piperazine rings is 1. The van der Waals surface area contributed by atoms with E-state index < -0.39 is 0 Å². The third-order valence-electron chi connectivity index (χ3n) is 3.30. The molecule has 0 aromatic carbocycles. The molecule has 0 saturated carbocycles. The predicted octanol–water partition coefficient (Wildman–Crippen LogP) is -1.15. The third-order valence-corrected chi connectivity index (χ3v) is 3.30. The summed E-state index contributed by atoms with van der Waals surface area (Å²) in [4.78, 5) is 4.71. The van der Waals surface area contributed by atoms with Gasteiger partial charge in [-0.3, -0.25) is 9.80 Å². The maximum atomic E-state index is 8.87. The van der Waals surface area contributed by atoms with E-state index in [2.05, 4.69) is 15.1 Å². The number of aliphatic hydroxyl groups excluding tert-OH is 1. The fourth-order valence-electron chi connectivity index (χ4n) is 2.07. The first kappa shape index (κ1) is 16.8. The average molecular weight is 275 g/mol. The Kier molecular flexibility index (Phi) is 10.2. The molecule has 0 aromatic rings. The van der Waals surface area contributed by atoms with Crippen molar-refractivity contribution in [3.63, 3.8) is 0 Å². The van der Waals surface area contributed by atoms with Crippen molar-refractivity contribution in [2.75, 3.05) is 85.9 Å². The van der Waals surface area contributed by atoms with Gasteiger partial charge < -0.3 is 19.9 Å². The van der Waals surface area contributed by atoms with Gasteiger partial charge in [0.05, 0.1) is 33.0 Å². The number of hydrogen-bond donors (Lipinski definition) is 2. The molecule has 19 heavy (non-hydrogen) atoms. The van der Waals surface area contributed by atoms with Gasteiger partial charge in [0, 0.05) is 45.8 Å². The largest absolute Gasteiger partial charge is 0.395 e. The lowest BCUT2D eigenvalue weighted by atomic mass is 10.3. The Hall–Kier alpha value is -0.240. The van der Waals surface area contributed by atoms with E-state index in [0.29, 0.717) is 13.2 Å². The molecule has 0 spiro atoms. The Bertz CT molecular complexity index is 200. The Labute approximate surface area is 116 Å². The van der Waals surface area contributed by atoms with Crippen molar-refractivity contribution >= 4 is 0 Å². The molecule has 2 N–H and O–H groups in total. The molecule has 1 heterocycles. The predicted molar refractivity (Wildman–Crippen MR) is 75.5 cm³/mol. The average Bonchev–Trinajstić information content (AvgIpc) is 2.44. The van der Waals surface area contributed by atoms with Crippen molar-refractivity contribution in [3.05, 3.63) is 0 Å². The van der Waals surface area contributed by atoms with Crippen molar-refractivity contribution in [2.24, 2.45) is 0 Å². The van der Waals surface area contributed by atoms with Crippen molar-refractivity contribution in [1.82, 2.24) is 15.1 Å². The topological polar surface area (TPSA) is 57.2 Å². The Morgan fingerprint density at radius 3 is 2.05 bits per heavy atom. The third kappa shape index (κ3) is 8.52. The van der Waals surface area contributed by atoms with Crippen LogP contribution in [-0.4, -0.2) is 101 Å². The number of β-amino-alcohol motifs (C(OH)–C–C–N with tert-alkyl or cyclic N) is 1. The minimum absolute atomic E-state index is 0.261. The van der Waals surface area contributed by atoms with Gasteiger partial charge in [0.25, 0.3) is 0 Å². The molecule has 0 aromatic heterocycles. The van der Waals surface area contributed by atoms with Crippen molar-refractivity contribution in [1.29, 1.82) is 0 Å². The fraction of sp³-hybridized carbons (Fsp3) is 1.00. The standard InChI is InChI=1S/C13H29N3O3/c1-14-2-10-18-12-13-19-11-8-16-5-3-15(4-6-16)7-9-17/h14,17H,2-13H2,1H3. The molecular weight excluding hydrogens is 246 g/mol. The minimum atomic E-state index is 0.261. The van der Waals surface area contributed by atoms with Crippen LogP contribution in [0, 0.1) is 0 Å². The van der Waals surface area contributed by atoms with E-state index in [4.69, 9.17) is 14.6 Å². The van der Waals surface area contributed by atoms with Gasteiger partial charge in [0.1, 0.15) is 0 Å². The maximum absolute atomic E-state index is 8.87. The number of likely N-dealkylation sites (N-methyl/N-ethyl adjacent to an activating group) is 1. The lowest BCUT2D eigenvalue weighted by molar-refractivity contribution is 0.0316. The van der Waals surface area contributed by atoms with Gasteiger partial charge in [-0.1, -0.05) is 0 Å². The van der Waals surface area contributed by atoms with Crippen LogP contribution in [0.3, 0.4) is 0 Å². The summed E-state index contributed by atoms with van der Waals surface area (Å²) in [6.07, 6.45) is 0. The summed E-state index contributed by atoms with van der Waals surface area (Å²) in [5, 5.41) is 11.9. The highest BCUT2D eigenvalue weighted by Crippen LogP contribution is 2.00. The highest BCUT2D eigenvalue weighted by atomic mass is 16.5. The zero-order chi connectivity index (χ0) is 13.8. The molecule has 114 valence electrons. The van der Waals surface area contributed by atoms with Crippen LogP contribution in [0.1, 0.15) is 0 Å². The monoisotopic (exact) mass is 275 g/mol. The zero-order valence-electron chi connectivity index (χ0n) is 12.1. The van der Waals surface area contributed by atoms with E-state index in [0.717, 1.165) is 59.0 Å². The fourth-order valence-corrected chi connectivity index (χ4v) is 2.07. The summed E-state index contributed by atoms with van der Waals surface area (Å²) in [5.74, 6) is 0. The van der Waals surface area contributed by atoms with Crippen molar-refractivity contribution in [2.45, 2.75) is 0 Å². The zero-order valence-corrected chi connectivity index (χ0v) is 12.1. The van der Waals surface area contributed by atoms with Crippen molar-refractivity contribution < 1.29 is 14.6 Å². The summed E-state index contributed by atoms with van der Waals surface area (Å²) in [6, 6.07) is 0. The maximum Gasteiger partial charge on any atom is 0.0701 e. The second kappa shape index (κ2) is 11.6. The van der Waals surface area contributed by atoms with Gasteiger partial charge in [-0.05, 0) is 7.05 Å². The summed E-state index contributed by atoms with van der Waals surface area (Å²) in [6.45, 7) is 10.0. The molecule has 1 rings (SSSR count). The summed E-state index contributed by atoms with van der Waals surface area (Å²) < 4.78 is 10.9. The Morgan fingerprint density at radius 1 is 0.895 bits per heavy atom. The molecule has 0 unspecified atom stereocenters. The van der Waals surface area contributed by atoms with E-state index in [-0.39, 0.29) is 6.61 Å². The molecule has 0 amide bonds. The van der Waals surface area contributed by atoms with Crippen LogP contribution in [0.5, 0.6) is 0 Å². The summed E-state index contributed by atoms with van der Waals surface area (Å²) in [5.41, 5.74) is 0. The van der Waals surface area contributed by atoms with Gasteiger partial charge in [-0.25, -0.2) is 0 Å². The molecule has 1 fully saturated rings. The highest BCUT2D eigenvalue weighted by Gasteiger charge is 2.15. The molecule has 0 radical (unpaired) electrons. The number of hydrogen-bond acceptors (Lipinski definition) is 6. The summed E-state index contributed by atoms with van der Waals surface area (Å²) in [7, 11) is 1.92. The molecule has 1 aliphatic rings. The molecule has 0 bridgehead atoms. The number of aliphatic hydroxyl groups is 1. The molecule has 0 atom stereocenters. The second-order valence-corrected chi connectivity index (χ2v) is 4.74. The molecule has 1 saturated heterocycles. The molecule has 6 nitrogen and oxygen atoms in total. The quantitative estimate of drug-likeness (QED) is 0.464. The Morgan fingerprint density at radius 2 is 1.47 bits per heavy atom. The number of nitrogens with zero attached hydrogens (tertiary/aromatic N) is 2. The normalized spacial score (nSPS) is 18.0. The first-order valence-corrected chi connectivity index (χ1v) is 7.22. The van der Waals surface area contributed by atoms with E-state index >= 15 is 0 Å². The smallest absolute Gasteiger partial charge is 0.0701 e. The van der Waals surface area contributed by atoms with Gasteiger partial charge in [-0.2, -0.15) is 0 Å². The molecule has 0 aliphatic carbocycles. The van der Waals surface area contributed by atoms with Gasteiger partial charge in [0.15, 0.2) is 0 Å². The van der Waals surface area contributed by atoms with E-state index in [9.17, 15) is 0 Å². The van der Waals surface area contributed by atoms with Crippen LogP contribution in [0.4, 0.5) is 0 Å². The second-order valence-electron chi connectivity index (χ2n) is 4.74. The van der Waals surface area contributed by atoms with Crippen LogP contribution in [0.25, 0.3) is 0 Å². The van der Waals surface area contributed by atoms with Crippen LogP contribution >= 0.6 is 0 Å². The lowest BCUT2D eigenvalue weighted by Gasteiger charge is -2.34. The minimum Gasteiger partial charge on any atom is -0.395 e.